The molecule has 0 spiro atoms. The third-order valence-corrected chi connectivity index (χ3v) is 7.36. The van der Waals surface area contributed by atoms with E-state index in [-0.39, 0.29) is 18.2 Å². The number of thiocarbonyl (C=S) groups is 1. The van der Waals surface area contributed by atoms with Crippen molar-refractivity contribution in [3.8, 4) is 11.5 Å². The molecule has 10 heteroatoms. The van der Waals surface area contributed by atoms with Crippen molar-refractivity contribution in [1.29, 1.82) is 0 Å². The van der Waals surface area contributed by atoms with Gasteiger partial charge in [0.2, 0.25) is 5.91 Å². The number of methoxy groups -OCH3 is 1. The van der Waals surface area contributed by atoms with Crippen LogP contribution in [0.3, 0.4) is 0 Å². The summed E-state index contributed by atoms with van der Waals surface area (Å²) in [4.78, 5) is 34.9. The molecule has 38 heavy (non-hydrogen) atoms. The van der Waals surface area contributed by atoms with Gasteiger partial charge in [-0.2, -0.15) is 0 Å². The van der Waals surface area contributed by atoms with Crippen LogP contribution in [0.2, 0.25) is 0 Å². The molecule has 0 radical (unpaired) electrons. The number of carbonyl (C=O) groups is 2. The van der Waals surface area contributed by atoms with Crippen LogP contribution in [0.15, 0.2) is 48.5 Å². The van der Waals surface area contributed by atoms with Crippen molar-refractivity contribution in [2.75, 3.05) is 70.2 Å². The molecule has 0 aliphatic carbocycles. The molecule has 2 aliphatic heterocycles. The van der Waals surface area contributed by atoms with Crippen LogP contribution in [-0.4, -0.2) is 97.7 Å². The second-order valence-corrected chi connectivity index (χ2v) is 9.94. The second kappa shape index (κ2) is 13.0. The van der Waals surface area contributed by atoms with E-state index in [9.17, 15) is 9.59 Å². The molecule has 2 aliphatic rings. The van der Waals surface area contributed by atoms with Crippen LogP contribution in [0.4, 0.5) is 11.4 Å². The first-order chi connectivity index (χ1) is 18.4. The van der Waals surface area contributed by atoms with Gasteiger partial charge in [0.25, 0.3) is 5.91 Å². The lowest BCUT2D eigenvalue weighted by molar-refractivity contribution is -0.124. The zero-order valence-electron chi connectivity index (χ0n) is 22.4. The molecule has 1 N–H and O–H groups in total. The van der Waals surface area contributed by atoms with Crippen molar-refractivity contribution in [2.45, 2.75) is 25.8 Å². The van der Waals surface area contributed by atoms with Gasteiger partial charge in [0.1, 0.15) is 17.5 Å². The first-order valence-corrected chi connectivity index (χ1v) is 13.5. The fourth-order valence-electron chi connectivity index (χ4n) is 4.78. The first kappa shape index (κ1) is 27.8. The maximum Gasteiger partial charge on any atom is 0.256 e. The predicted molar refractivity (Wildman–Crippen MR) is 153 cm³/mol. The van der Waals surface area contributed by atoms with Crippen molar-refractivity contribution in [2.24, 2.45) is 0 Å². The lowest BCUT2D eigenvalue weighted by Crippen LogP contribution is -2.45. The fourth-order valence-corrected chi connectivity index (χ4v) is 5.20. The highest BCUT2D eigenvalue weighted by Gasteiger charge is 2.44. The third-order valence-electron chi connectivity index (χ3n) is 6.95. The van der Waals surface area contributed by atoms with Gasteiger partial charge >= 0.3 is 0 Å². The summed E-state index contributed by atoms with van der Waals surface area (Å²) in [5.74, 6) is 1.00. The number of hydrogen-bond acceptors (Lipinski definition) is 7. The molecule has 0 aromatic heterocycles. The quantitative estimate of drug-likeness (QED) is 0.437. The summed E-state index contributed by atoms with van der Waals surface area (Å²) in [5.41, 5.74) is 1.32. The van der Waals surface area contributed by atoms with Gasteiger partial charge in [-0.25, -0.2) is 0 Å². The molecule has 2 aromatic carbocycles. The van der Waals surface area contributed by atoms with E-state index in [1.165, 1.54) is 0 Å². The number of amides is 2. The molecule has 2 heterocycles. The largest absolute Gasteiger partial charge is 0.497 e. The molecule has 2 amide bonds. The number of likely N-dealkylation sites (N-methyl/N-ethyl adjacent to an activating group) is 1. The van der Waals surface area contributed by atoms with Gasteiger partial charge in [-0.05, 0) is 87.7 Å². The average molecular weight is 540 g/mol. The van der Waals surface area contributed by atoms with Crippen LogP contribution in [0, 0.1) is 0 Å². The molecule has 1 atom stereocenters. The van der Waals surface area contributed by atoms with E-state index >= 15 is 0 Å². The number of piperazine rings is 1. The second-order valence-electron chi connectivity index (χ2n) is 9.57. The van der Waals surface area contributed by atoms with Crippen LogP contribution < -0.4 is 19.7 Å². The normalized spacial score (nSPS) is 18.7. The zero-order valence-corrected chi connectivity index (χ0v) is 23.2. The average Bonchev–Trinajstić information content (AvgIpc) is 3.15. The monoisotopic (exact) mass is 539 g/mol. The molecule has 0 saturated carbocycles. The zero-order chi connectivity index (χ0) is 27.1. The standard InChI is InChI=1S/C28H37N5O4S/c1-4-37-24-12-8-22(9-13-24)33-27(35)25(20-26(34)29-21-6-10-23(36-3)11-7-21)32(28(33)38)15-5-14-31-18-16-30(2)17-19-31/h6-13,25H,4-5,14-20H2,1-3H3,(H,29,34)/t25-/m1/s1. The fraction of sp³-hybridized carbons (Fsp3) is 0.464. The molecule has 9 nitrogen and oxygen atoms in total. The Morgan fingerprint density at radius 3 is 2.29 bits per heavy atom. The summed E-state index contributed by atoms with van der Waals surface area (Å²) in [5, 5.41) is 3.33. The number of nitrogens with one attached hydrogen (secondary N) is 1. The topological polar surface area (TPSA) is 77.6 Å². The van der Waals surface area contributed by atoms with Crippen LogP contribution in [0.1, 0.15) is 19.8 Å². The highest BCUT2D eigenvalue weighted by atomic mass is 32.1. The van der Waals surface area contributed by atoms with E-state index in [0.29, 0.717) is 35.4 Å². The Morgan fingerprint density at radius 1 is 1.00 bits per heavy atom. The van der Waals surface area contributed by atoms with E-state index in [1.54, 1.807) is 36.3 Å². The predicted octanol–water partition coefficient (Wildman–Crippen LogP) is 3.06. The highest BCUT2D eigenvalue weighted by Crippen LogP contribution is 2.29. The van der Waals surface area contributed by atoms with Crippen LogP contribution in [0.25, 0.3) is 0 Å². The van der Waals surface area contributed by atoms with Gasteiger partial charge in [0.15, 0.2) is 5.11 Å². The molecule has 204 valence electrons. The van der Waals surface area contributed by atoms with E-state index in [4.69, 9.17) is 21.7 Å². The van der Waals surface area contributed by atoms with Crippen molar-refractivity contribution in [3.63, 3.8) is 0 Å². The Morgan fingerprint density at radius 2 is 1.66 bits per heavy atom. The van der Waals surface area contributed by atoms with E-state index in [2.05, 4.69) is 22.2 Å². The maximum absolute atomic E-state index is 13.7. The maximum atomic E-state index is 13.7. The molecular weight excluding hydrogens is 502 g/mol. The van der Waals surface area contributed by atoms with E-state index in [0.717, 1.165) is 44.9 Å². The van der Waals surface area contributed by atoms with Gasteiger partial charge in [0, 0.05) is 38.4 Å². The number of benzene rings is 2. The molecule has 2 aromatic rings. The molecule has 2 fully saturated rings. The lowest BCUT2D eigenvalue weighted by Gasteiger charge is -2.33. The molecule has 0 bridgehead atoms. The minimum absolute atomic E-state index is 0.00699. The minimum Gasteiger partial charge on any atom is -0.497 e. The summed E-state index contributed by atoms with van der Waals surface area (Å²) in [6.45, 7) is 8.19. The number of anilines is 2. The van der Waals surface area contributed by atoms with Crippen LogP contribution in [0.5, 0.6) is 11.5 Å². The first-order valence-electron chi connectivity index (χ1n) is 13.1. The Bertz CT molecular complexity index is 1100. The van der Waals surface area contributed by atoms with E-state index < -0.39 is 6.04 Å². The smallest absolute Gasteiger partial charge is 0.256 e. The van der Waals surface area contributed by atoms with Crippen molar-refractivity contribution >= 4 is 40.5 Å². The van der Waals surface area contributed by atoms with Crippen molar-refractivity contribution < 1.29 is 19.1 Å². The third kappa shape index (κ3) is 6.80. The van der Waals surface area contributed by atoms with Gasteiger partial charge in [-0.15, -0.1) is 0 Å². The summed E-state index contributed by atoms with van der Waals surface area (Å²) in [6, 6.07) is 13.8. The number of ether oxygens (including phenoxy) is 2. The summed E-state index contributed by atoms with van der Waals surface area (Å²) in [7, 11) is 3.74. The van der Waals surface area contributed by atoms with E-state index in [1.807, 2.05) is 36.1 Å². The molecule has 2 saturated heterocycles. The van der Waals surface area contributed by atoms with Crippen molar-refractivity contribution in [3.05, 3.63) is 48.5 Å². The molecular formula is C28H37N5O4S. The van der Waals surface area contributed by atoms with Gasteiger partial charge < -0.3 is 29.5 Å². The number of rotatable bonds is 11. The van der Waals surface area contributed by atoms with Crippen LogP contribution in [-0.2, 0) is 9.59 Å². The molecule has 0 unspecified atom stereocenters. The number of hydrogen-bond donors (Lipinski definition) is 1. The minimum atomic E-state index is -0.667. The van der Waals surface area contributed by atoms with Gasteiger partial charge in [-0.1, -0.05) is 0 Å². The number of carbonyl (C=O) groups excluding carboxylic acids is 2. The summed E-state index contributed by atoms with van der Waals surface area (Å²) >= 11 is 5.81. The molecule has 4 rings (SSSR count). The number of nitrogens with zero attached hydrogens (tertiary/aromatic N) is 4. The van der Waals surface area contributed by atoms with Crippen LogP contribution >= 0.6 is 12.2 Å². The summed E-state index contributed by atoms with van der Waals surface area (Å²) < 4.78 is 10.7. The Hall–Kier alpha value is -3.21. The Kier molecular flexibility index (Phi) is 9.54. The Balaban J connectivity index is 1.46. The summed E-state index contributed by atoms with van der Waals surface area (Å²) in [6.07, 6.45) is 0.859. The van der Waals surface area contributed by atoms with Gasteiger partial charge in [-0.3, -0.25) is 14.5 Å². The van der Waals surface area contributed by atoms with Gasteiger partial charge in [0.05, 0.1) is 25.8 Å². The highest BCUT2D eigenvalue weighted by molar-refractivity contribution is 7.80. The Labute approximate surface area is 230 Å². The van der Waals surface area contributed by atoms with Crippen molar-refractivity contribution in [1.82, 2.24) is 14.7 Å². The lowest BCUT2D eigenvalue weighted by atomic mass is 10.1. The SMILES string of the molecule is CCOc1ccc(N2C(=O)[C@@H](CC(=O)Nc3ccc(OC)cc3)N(CCCN3CCN(C)CC3)C2=S)cc1.